The van der Waals surface area contributed by atoms with Gasteiger partial charge in [0.05, 0.1) is 71.7 Å². The van der Waals surface area contributed by atoms with Crippen LogP contribution in [0.25, 0.3) is 0 Å². The lowest BCUT2D eigenvalue weighted by Gasteiger charge is -2.52. The molecule has 11 aliphatic rings. The normalized spacial score (nSPS) is 50.4. The SMILES string of the molecule is CC(=O)N[C@H]1[C@H](O[C@H]2[C@@H](O)[C@@H](CO)O[C@@H](O[C@H]3[C@H](O)[C@@H](O)[C@H](O)O[C@@H]3CO)[C@@H]2O)O[C@H](CO)[C@@H](O[C@@H]2O[C@H](CO[C@@H]3O[C@H](CO)[C@@H](O[C@@H]4O[C@H](CO)[C@H](O)[C@H](O)[C@H]4O[C@@H]4O[C@@H](C)[C@@H](O)[C@@H](O)[C@@H]4O)[C@H](O)[C@H]3NC(C)=O)[C@H](O)[C@H](O[C@@H]3O[C@H](CO)[C@@H](O[C@@H]4O[C@H](CO)[C@H](O)[C@H](O[C@H]5O[C@H](CO)[C@H](O)[C@H](O)[C@H]5NC(C)=O)[C@H]4O[C@@H]4O[C@@H](C)[C@@H](O)[C@@H](O)[C@@H]4O)[C@H](O)[C@H]3NC(C)=O)[C@H]2O)[C@@H]1O. The molecule has 0 unspecified atom stereocenters. The standard InChI is InChI=1S/C74H124N4O54/c1-16-35(91)46(102)51(107)69(113-16)131-62-48(104)38(94)23(8-80)118-73(62)126-56-27(12-84)120-65(32(43(56)99)76-19(4)88)112-15-30-41(97)60(54(110)72(123-30)124-55-28(13-85)121-67(33(44(55)100)77-20(5)89)128-59-39(95)24(9-81)117-71(53(59)109)125-58-26(11-83)115-64(111)50(106)49(58)105)129-68-34(78-21(6)90)45(101)57(29(14-86)122-68)127-74-63(132-70-52(108)47(103)36(92)17(2)114-70)61(40(96)25(10-82)119-74)130-66-31(75-18(3)87)42(98)37(93)22(7-79)116-66/h16-17,22-74,79-86,91-111H,7-15H2,1-6H3,(H,75,87)(H,76,88)(H,77,89)(H,78,90)/t16-,17-,22+,23+,24+,25+,26+,27+,28+,29+,30+,31+,32+,33+,34+,35+,36+,37-,38-,39-,40-,41-,42+,43+,44+,45+,46+,47+,48-,49+,50+,51-,52-,53+,54+,55+,56+,57+,58+,59-,60-,61-,62+,63+,64+,65+,66+,67-,68-,69-,70-,71-,72-,73-,74-/m0/s1. The molecule has 0 aliphatic carbocycles. The van der Waals surface area contributed by atoms with Gasteiger partial charge in [0.15, 0.2) is 69.2 Å². The summed E-state index contributed by atoms with van der Waals surface area (Å²) < 4.78 is 126. The third-order valence-electron chi connectivity index (χ3n) is 24.5. The van der Waals surface area contributed by atoms with Crippen molar-refractivity contribution in [2.24, 2.45) is 0 Å². The molecule has 11 aliphatic heterocycles. The van der Waals surface area contributed by atoms with Gasteiger partial charge in [-0.25, -0.2) is 0 Å². The third kappa shape index (κ3) is 23.5. The van der Waals surface area contributed by atoms with Gasteiger partial charge < -0.3 is 269 Å². The van der Waals surface area contributed by atoms with Crippen molar-refractivity contribution in [1.82, 2.24) is 21.3 Å². The molecule has 33 N–H and O–H groups in total. The van der Waals surface area contributed by atoms with Gasteiger partial charge in [0.2, 0.25) is 23.6 Å². The monoisotopic (exact) mass is 1930 g/mol. The van der Waals surface area contributed by atoms with Gasteiger partial charge in [0.1, 0.15) is 256 Å². The molecule has 132 heavy (non-hydrogen) atoms. The van der Waals surface area contributed by atoms with Gasteiger partial charge in [-0.3, -0.25) is 19.2 Å². The summed E-state index contributed by atoms with van der Waals surface area (Å²) in [4.78, 5) is 52.6. The Balaban J connectivity index is 0.920. The maximum Gasteiger partial charge on any atom is 0.217 e. The molecular formula is C74H124N4O54. The molecule has 4 amide bonds. The molecule has 0 aromatic carbocycles. The number of ether oxygens (including phenoxy) is 21. The molecule has 58 heteroatoms. The Morgan fingerprint density at radius 1 is 0.212 bits per heavy atom. The lowest BCUT2D eigenvalue weighted by molar-refractivity contribution is -0.403. The number of aliphatic hydroxyl groups excluding tert-OH is 29. The van der Waals surface area contributed by atoms with Crippen molar-refractivity contribution in [1.29, 1.82) is 0 Å². The van der Waals surface area contributed by atoms with E-state index in [1.807, 2.05) is 0 Å². The third-order valence-corrected chi connectivity index (χ3v) is 24.5. The molecule has 0 bridgehead atoms. The average molecular weight is 1930 g/mol. The van der Waals surface area contributed by atoms with E-state index in [2.05, 4.69) is 21.3 Å². The molecular weight excluding hydrogens is 1810 g/mol. The van der Waals surface area contributed by atoms with E-state index in [-0.39, 0.29) is 0 Å². The summed E-state index contributed by atoms with van der Waals surface area (Å²) in [7, 11) is 0. The maximum atomic E-state index is 13.5. The Bertz CT molecular complexity index is 3610. The Morgan fingerprint density at radius 3 is 0.871 bits per heavy atom. The fourth-order valence-corrected chi connectivity index (χ4v) is 17.3. The Morgan fingerprint density at radius 2 is 0.470 bits per heavy atom. The average Bonchev–Trinajstić information content (AvgIpc) is 0.879. The van der Waals surface area contributed by atoms with Crippen LogP contribution in [0.2, 0.25) is 0 Å². The van der Waals surface area contributed by atoms with Crippen molar-refractivity contribution in [3.05, 3.63) is 0 Å². The first kappa shape index (κ1) is 108. The Kier molecular flexibility index (Phi) is 38.5. The van der Waals surface area contributed by atoms with Crippen LogP contribution in [0.15, 0.2) is 0 Å². The minimum atomic E-state index is -2.62. The zero-order chi connectivity index (χ0) is 97.1. The van der Waals surface area contributed by atoms with Crippen molar-refractivity contribution in [2.45, 2.75) is 379 Å². The Hall–Kier alpha value is -4.12. The highest BCUT2D eigenvalue weighted by Gasteiger charge is 2.63. The molecule has 0 radical (unpaired) electrons. The molecule has 0 saturated carbocycles. The van der Waals surface area contributed by atoms with Crippen LogP contribution in [0.4, 0.5) is 0 Å². The first-order valence-corrected chi connectivity index (χ1v) is 42.4. The van der Waals surface area contributed by atoms with Crippen LogP contribution >= 0.6 is 0 Å². The summed E-state index contributed by atoms with van der Waals surface area (Å²) in [6.45, 7) is -4.20. The van der Waals surface area contributed by atoms with Crippen LogP contribution in [0.3, 0.4) is 0 Å². The number of amides is 4. The fraction of sp³-hybridized carbons (Fsp3) is 0.946. The predicted molar refractivity (Wildman–Crippen MR) is 406 cm³/mol. The number of carbonyl (C=O) groups is 4. The van der Waals surface area contributed by atoms with Gasteiger partial charge in [-0.05, 0) is 13.8 Å². The Labute approximate surface area is 748 Å². The smallest absolute Gasteiger partial charge is 0.217 e. The zero-order valence-electron chi connectivity index (χ0n) is 71.3. The van der Waals surface area contributed by atoms with Crippen LogP contribution in [0, 0.1) is 0 Å². The van der Waals surface area contributed by atoms with Crippen LogP contribution < -0.4 is 21.3 Å². The second kappa shape index (κ2) is 47.0. The summed E-state index contributed by atoms with van der Waals surface area (Å²) >= 11 is 0. The van der Waals surface area contributed by atoms with Crippen LogP contribution in [-0.2, 0) is 119 Å². The van der Waals surface area contributed by atoms with E-state index < -0.39 is 421 Å². The molecule has 0 aromatic rings. The number of hydrogen-bond acceptors (Lipinski definition) is 54. The molecule has 58 nitrogen and oxygen atoms in total. The second-order valence-corrected chi connectivity index (χ2v) is 33.7. The summed E-state index contributed by atoms with van der Waals surface area (Å²) in [5.74, 6) is -3.94. The molecule has 11 rings (SSSR count). The van der Waals surface area contributed by atoms with Crippen molar-refractivity contribution in [3.63, 3.8) is 0 Å². The minimum absolute atomic E-state index is 0.875. The summed E-state index contributed by atoms with van der Waals surface area (Å²) in [6, 6.07) is -7.98. The van der Waals surface area contributed by atoms with Crippen molar-refractivity contribution >= 4 is 23.6 Å². The molecule has 11 saturated heterocycles. The predicted octanol–water partition coefficient (Wildman–Crippen LogP) is -22.3. The molecule has 55 atom stereocenters. The van der Waals surface area contributed by atoms with E-state index in [4.69, 9.17) is 99.5 Å². The summed E-state index contributed by atoms with van der Waals surface area (Å²) in [5.41, 5.74) is 0. The van der Waals surface area contributed by atoms with Crippen LogP contribution in [0.1, 0.15) is 41.5 Å². The van der Waals surface area contributed by atoms with E-state index in [0.717, 1.165) is 27.7 Å². The molecule has 11 fully saturated rings. The first-order chi connectivity index (χ1) is 62.4. The van der Waals surface area contributed by atoms with Gasteiger partial charge in [-0.15, -0.1) is 0 Å². The first-order valence-electron chi connectivity index (χ1n) is 42.4. The minimum Gasteiger partial charge on any atom is -0.394 e. The quantitative estimate of drug-likeness (QED) is 0.0290. The van der Waals surface area contributed by atoms with Crippen LogP contribution in [0.5, 0.6) is 0 Å². The van der Waals surface area contributed by atoms with E-state index in [1.165, 1.54) is 13.8 Å². The zero-order valence-corrected chi connectivity index (χ0v) is 71.3. The molecule has 764 valence electrons. The fourth-order valence-electron chi connectivity index (χ4n) is 17.3. The highest BCUT2D eigenvalue weighted by atomic mass is 16.8. The van der Waals surface area contributed by atoms with Crippen molar-refractivity contribution < 1.29 is 267 Å². The number of aliphatic hydroxyl groups is 29. The highest BCUT2D eigenvalue weighted by molar-refractivity contribution is 5.74. The summed E-state index contributed by atoms with van der Waals surface area (Å²) in [6.07, 6.45) is -106. The van der Waals surface area contributed by atoms with Gasteiger partial charge in [-0.2, -0.15) is 0 Å². The number of hydrogen-bond donors (Lipinski definition) is 33. The number of carbonyl (C=O) groups excluding carboxylic acids is 4. The van der Waals surface area contributed by atoms with Gasteiger partial charge in [0.25, 0.3) is 0 Å². The highest BCUT2D eigenvalue weighted by Crippen LogP contribution is 2.42. The van der Waals surface area contributed by atoms with Crippen molar-refractivity contribution in [3.8, 4) is 0 Å². The largest absolute Gasteiger partial charge is 0.394 e. The number of nitrogens with one attached hydrogen (secondary N) is 4. The number of rotatable bonds is 33. The maximum absolute atomic E-state index is 13.5. The molecule has 0 aromatic heterocycles. The van der Waals surface area contributed by atoms with Crippen molar-refractivity contribution in [2.75, 3.05) is 59.5 Å². The molecule has 0 spiro atoms. The second-order valence-electron chi connectivity index (χ2n) is 33.7. The van der Waals surface area contributed by atoms with E-state index in [9.17, 15) is 167 Å². The van der Waals surface area contributed by atoms with E-state index in [1.54, 1.807) is 0 Å². The topological polar surface area (TPSA) is 897 Å². The van der Waals surface area contributed by atoms with Gasteiger partial charge >= 0.3 is 0 Å². The molecule has 11 heterocycles. The van der Waals surface area contributed by atoms with E-state index in [0.29, 0.717) is 0 Å². The summed E-state index contributed by atoms with van der Waals surface area (Å²) in [5, 5.41) is 335. The van der Waals surface area contributed by atoms with E-state index >= 15 is 0 Å². The van der Waals surface area contributed by atoms with Gasteiger partial charge in [-0.1, -0.05) is 0 Å². The lowest BCUT2D eigenvalue weighted by Crippen LogP contribution is -2.71. The van der Waals surface area contributed by atoms with Crippen LogP contribution in [-0.4, -0.2) is 569 Å². The van der Waals surface area contributed by atoms with Gasteiger partial charge in [0, 0.05) is 27.7 Å². The lowest BCUT2D eigenvalue weighted by atomic mass is 9.93.